The molecule has 7 heteroatoms. The highest BCUT2D eigenvalue weighted by atomic mass is 32.2. The normalized spacial score (nSPS) is 10.6. The van der Waals surface area contributed by atoms with Gasteiger partial charge in [0, 0.05) is 11.5 Å². The van der Waals surface area contributed by atoms with Gasteiger partial charge < -0.3 is 5.32 Å². The second-order valence-electron chi connectivity index (χ2n) is 5.41. The third-order valence-corrected chi connectivity index (χ3v) is 4.54. The molecular weight excluding hydrogens is 338 g/mol. The molecular formula is C18H15N3O3S. The van der Waals surface area contributed by atoms with E-state index in [1.54, 1.807) is 12.1 Å². The van der Waals surface area contributed by atoms with Crippen LogP contribution >= 0.6 is 11.8 Å². The molecule has 25 heavy (non-hydrogen) atoms. The summed E-state index contributed by atoms with van der Waals surface area (Å²) in [6.45, 7) is 2.00. The minimum atomic E-state index is -0.517. The lowest BCUT2D eigenvalue weighted by atomic mass is 10.1. The number of carbonyl (C=O) groups excluding carboxylic acids is 1. The summed E-state index contributed by atoms with van der Waals surface area (Å²) in [6, 6.07) is 15.8. The Balaban J connectivity index is 1.70. The molecule has 2 aromatic carbocycles. The van der Waals surface area contributed by atoms with Gasteiger partial charge >= 0.3 is 0 Å². The van der Waals surface area contributed by atoms with Crippen LogP contribution in [0.5, 0.6) is 0 Å². The van der Waals surface area contributed by atoms with Crippen molar-refractivity contribution in [3.8, 4) is 0 Å². The zero-order valence-electron chi connectivity index (χ0n) is 13.4. The van der Waals surface area contributed by atoms with Crippen molar-refractivity contribution in [3.05, 3.63) is 70.3 Å². The van der Waals surface area contributed by atoms with Crippen molar-refractivity contribution in [2.75, 3.05) is 11.1 Å². The second-order valence-corrected chi connectivity index (χ2v) is 6.40. The first-order valence-electron chi connectivity index (χ1n) is 7.57. The number of hydrogen-bond donors (Lipinski definition) is 1. The van der Waals surface area contributed by atoms with Crippen LogP contribution in [-0.4, -0.2) is 21.6 Å². The summed E-state index contributed by atoms with van der Waals surface area (Å²) in [4.78, 5) is 27.1. The van der Waals surface area contributed by atoms with Gasteiger partial charge in [-0.25, -0.2) is 4.98 Å². The fourth-order valence-corrected chi connectivity index (χ4v) is 3.23. The van der Waals surface area contributed by atoms with E-state index in [0.717, 1.165) is 21.5 Å². The maximum Gasteiger partial charge on any atom is 0.292 e. The predicted molar refractivity (Wildman–Crippen MR) is 98.9 cm³/mol. The zero-order valence-corrected chi connectivity index (χ0v) is 14.2. The molecule has 0 radical (unpaired) electrons. The number of para-hydroxylation sites is 3. The number of carbonyl (C=O) groups is 1. The summed E-state index contributed by atoms with van der Waals surface area (Å²) in [6.07, 6.45) is 0. The van der Waals surface area contributed by atoms with Gasteiger partial charge in [0.2, 0.25) is 5.91 Å². The predicted octanol–water partition coefficient (Wildman–Crippen LogP) is 4.18. The quantitative estimate of drug-likeness (QED) is 0.422. The number of nitro benzene ring substituents is 1. The molecule has 1 heterocycles. The number of rotatable bonds is 5. The number of fused-ring (bicyclic) bond motifs is 1. The zero-order chi connectivity index (χ0) is 17.8. The van der Waals surface area contributed by atoms with E-state index < -0.39 is 4.92 Å². The minimum absolute atomic E-state index is 0.122. The topological polar surface area (TPSA) is 85.1 Å². The van der Waals surface area contributed by atoms with Crippen LogP contribution in [0, 0.1) is 17.0 Å². The fraction of sp³-hybridized carbons (Fsp3) is 0.111. The fourth-order valence-electron chi connectivity index (χ4n) is 2.46. The van der Waals surface area contributed by atoms with E-state index in [2.05, 4.69) is 10.3 Å². The first-order chi connectivity index (χ1) is 12.0. The van der Waals surface area contributed by atoms with Crippen molar-refractivity contribution in [2.45, 2.75) is 11.9 Å². The molecule has 0 fully saturated rings. The number of aromatic nitrogens is 1. The number of nitro groups is 1. The number of amides is 1. The van der Waals surface area contributed by atoms with Crippen molar-refractivity contribution in [1.82, 2.24) is 4.98 Å². The lowest BCUT2D eigenvalue weighted by Gasteiger charge is -2.07. The van der Waals surface area contributed by atoms with Crippen LogP contribution in [-0.2, 0) is 4.79 Å². The van der Waals surface area contributed by atoms with Crippen molar-refractivity contribution in [1.29, 1.82) is 0 Å². The molecule has 1 N–H and O–H groups in total. The Kier molecular flexibility index (Phi) is 4.95. The van der Waals surface area contributed by atoms with Crippen LogP contribution < -0.4 is 5.32 Å². The Morgan fingerprint density at radius 2 is 1.92 bits per heavy atom. The van der Waals surface area contributed by atoms with Crippen molar-refractivity contribution >= 4 is 39.9 Å². The summed E-state index contributed by atoms with van der Waals surface area (Å²) in [5, 5.41) is 15.4. The molecule has 0 aliphatic heterocycles. The average Bonchev–Trinajstić information content (AvgIpc) is 2.60. The number of nitrogens with one attached hydrogen (secondary N) is 1. The summed E-state index contributed by atoms with van der Waals surface area (Å²) in [5.41, 5.74) is 2.04. The Labute approximate surface area is 148 Å². The number of benzene rings is 2. The molecule has 3 aromatic rings. The number of thioether (sulfide) groups is 1. The third kappa shape index (κ3) is 3.95. The highest BCUT2D eigenvalue weighted by Gasteiger charge is 2.15. The van der Waals surface area contributed by atoms with Gasteiger partial charge in [0.15, 0.2) is 0 Å². The standard InChI is InChI=1S/C18H15N3O3S/c1-12-10-18(20-14-7-3-2-6-13(12)14)25-11-17(22)19-15-8-4-5-9-16(15)21(23)24/h2-10H,11H2,1H3,(H,19,22). The van der Waals surface area contributed by atoms with Gasteiger partial charge in [0.25, 0.3) is 5.69 Å². The first-order valence-corrected chi connectivity index (χ1v) is 8.55. The second kappa shape index (κ2) is 7.31. The van der Waals surface area contributed by atoms with Crippen LogP contribution in [0.2, 0.25) is 0 Å². The van der Waals surface area contributed by atoms with Crippen LogP contribution in [0.1, 0.15) is 5.56 Å². The van der Waals surface area contributed by atoms with Gasteiger partial charge in [0.05, 0.1) is 21.2 Å². The Bertz CT molecular complexity index is 959. The summed E-state index contributed by atoms with van der Waals surface area (Å²) in [5.74, 6) is -0.191. The van der Waals surface area contributed by atoms with Crippen LogP contribution in [0.15, 0.2) is 59.6 Å². The SMILES string of the molecule is Cc1cc(SCC(=O)Nc2ccccc2[N+](=O)[O-])nc2ccccc12. The van der Waals surface area contributed by atoms with E-state index in [4.69, 9.17) is 0 Å². The van der Waals surface area contributed by atoms with E-state index in [1.165, 1.54) is 23.9 Å². The van der Waals surface area contributed by atoms with Crippen LogP contribution in [0.25, 0.3) is 10.9 Å². The molecule has 0 bridgehead atoms. The Morgan fingerprint density at radius 3 is 2.72 bits per heavy atom. The van der Waals surface area contributed by atoms with Gasteiger partial charge in [-0.05, 0) is 30.7 Å². The summed E-state index contributed by atoms with van der Waals surface area (Å²) in [7, 11) is 0. The molecule has 0 aliphatic carbocycles. The smallest absolute Gasteiger partial charge is 0.292 e. The molecule has 3 rings (SSSR count). The van der Waals surface area contributed by atoms with E-state index in [0.29, 0.717) is 0 Å². The monoisotopic (exact) mass is 353 g/mol. The minimum Gasteiger partial charge on any atom is -0.320 e. The number of aryl methyl sites for hydroxylation is 1. The number of anilines is 1. The molecule has 0 unspecified atom stereocenters. The Hall–Kier alpha value is -2.93. The van der Waals surface area contributed by atoms with E-state index in [1.807, 2.05) is 37.3 Å². The molecule has 6 nitrogen and oxygen atoms in total. The molecule has 126 valence electrons. The molecule has 0 spiro atoms. The number of hydrogen-bond acceptors (Lipinski definition) is 5. The number of pyridine rings is 1. The lowest BCUT2D eigenvalue weighted by Crippen LogP contribution is -2.15. The molecule has 1 amide bonds. The maximum atomic E-state index is 12.1. The van der Waals surface area contributed by atoms with E-state index in [-0.39, 0.29) is 23.0 Å². The maximum absolute atomic E-state index is 12.1. The summed E-state index contributed by atoms with van der Waals surface area (Å²) >= 11 is 1.30. The largest absolute Gasteiger partial charge is 0.320 e. The lowest BCUT2D eigenvalue weighted by molar-refractivity contribution is -0.383. The highest BCUT2D eigenvalue weighted by Crippen LogP contribution is 2.25. The van der Waals surface area contributed by atoms with Crippen LogP contribution in [0.4, 0.5) is 11.4 Å². The van der Waals surface area contributed by atoms with Crippen molar-refractivity contribution in [2.24, 2.45) is 0 Å². The van der Waals surface area contributed by atoms with E-state index in [9.17, 15) is 14.9 Å². The molecule has 0 atom stereocenters. The Morgan fingerprint density at radius 1 is 1.20 bits per heavy atom. The first kappa shape index (κ1) is 16.9. The molecule has 1 aromatic heterocycles. The van der Waals surface area contributed by atoms with Crippen molar-refractivity contribution in [3.63, 3.8) is 0 Å². The van der Waals surface area contributed by atoms with Gasteiger partial charge in [-0.3, -0.25) is 14.9 Å². The van der Waals surface area contributed by atoms with Gasteiger partial charge in [-0.15, -0.1) is 0 Å². The van der Waals surface area contributed by atoms with E-state index >= 15 is 0 Å². The van der Waals surface area contributed by atoms with Crippen molar-refractivity contribution < 1.29 is 9.72 Å². The van der Waals surface area contributed by atoms with Gasteiger partial charge in [0.1, 0.15) is 5.69 Å². The van der Waals surface area contributed by atoms with Gasteiger partial charge in [-0.1, -0.05) is 42.1 Å². The molecule has 0 saturated carbocycles. The van der Waals surface area contributed by atoms with Gasteiger partial charge in [-0.2, -0.15) is 0 Å². The summed E-state index contributed by atoms with van der Waals surface area (Å²) < 4.78 is 0. The highest BCUT2D eigenvalue weighted by molar-refractivity contribution is 7.99. The molecule has 0 saturated heterocycles. The molecule has 0 aliphatic rings. The number of nitrogens with zero attached hydrogens (tertiary/aromatic N) is 2. The third-order valence-electron chi connectivity index (χ3n) is 3.63. The average molecular weight is 353 g/mol. The van der Waals surface area contributed by atoms with Crippen LogP contribution in [0.3, 0.4) is 0 Å².